The summed E-state index contributed by atoms with van der Waals surface area (Å²) in [7, 11) is -1.65. The predicted octanol–water partition coefficient (Wildman–Crippen LogP) is 3.65. The van der Waals surface area contributed by atoms with Crippen LogP contribution in [0.1, 0.15) is 11.6 Å². The van der Waals surface area contributed by atoms with Crippen LogP contribution in [0.15, 0.2) is 85.0 Å². The van der Waals surface area contributed by atoms with E-state index in [0.29, 0.717) is 5.30 Å². The first-order chi connectivity index (χ1) is 11.6. The van der Waals surface area contributed by atoms with Crippen LogP contribution < -0.4 is 10.6 Å². The van der Waals surface area contributed by atoms with Crippen LogP contribution in [0.4, 0.5) is 0 Å². The largest absolute Gasteiger partial charge is 0.341 e. The summed E-state index contributed by atoms with van der Waals surface area (Å²) in [4.78, 5) is 10.9. The molecule has 4 atom stereocenters. The van der Waals surface area contributed by atoms with Crippen LogP contribution in [0, 0.1) is 5.92 Å². The highest BCUT2D eigenvalue weighted by atomic mass is 31.2. The molecule has 2 aromatic carbocycles. The van der Waals surface area contributed by atoms with Gasteiger partial charge in [-0.2, -0.15) is 0 Å². The fraction of sp³-hybridized carbons (Fsp3) is 0.200. The van der Waals surface area contributed by atoms with E-state index in [9.17, 15) is 9.46 Å². The minimum Gasteiger partial charge on any atom is -0.341 e. The molecule has 0 amide bonds. The molecule has 0 aliphatic heterocycles. The molecular formula is C20H22NO2P. The lowest BCUT2D eigenvalue weighted by Gasteiger charge is -2.34. The SMILES string of the molecule is CN[C@H](c1ccccc1)[C@H]1C=CC=C[C@H]1P(=O)(O)c1ccccc1. The van der Waals surface area contributed by atoms with Crippen LogP contribution in [0.2, 0.25) is 0 Å². The third kappa shape index (κ3) is 3.29. The molecule has 0 saturated carbocycles. The number of allylic oxidation sites excluding steroid dienone is 3. The Morgan fingerprint density at radius 1 is 0.958 bits per heavy atom. The Morgan fingerprint density at radius 2 is 1.54 bits per heavy atom. The van der Waals surface area contributed by atoms with Crippen molar-refractivity contribution in [3.8, 4) is 0 Å². The van der Waals surface area contributed by atoms with Gasteiger partial charge in [0.25, 0.3) is 0 Å². The molecule has 2 aromatic rings. The van der Waals surface area contributed by atoms with E-state index in [2.05, 4.69) is 17.4 Å². The maximum Gasteiger partial charge on any atom is 0.236 e. The second kappa shape index (κ2) is 7.31. The van der Waals surface area contributed by atoms with E-state index in [1.807, 2.05) is 67.7 Å². The fourth-order valence-electron chi connectivity index (χ4n) is 3.33. The van der Waals surface area contributed by atoms with Crippen molar-refractivity contribution in [3.63, 3.8) is 0 Å². The summed E-state index contributed by atoms with van der Waals surface area (Å²) in [5.74, 6) is -0.0987. The summed E-state index contributed by atoms with van der Waals surface area (Å²) in [6.45, 7) is 0. The Kier molecular flexibility index (Phi) is 5.15. The highest BCUT2D eigenvalue weighted by molar-refractivity contribution is 7.67. The molecule has 0 heterocycles. The number of benzene rings is 2. The average molecular weight is 339 g/mol. The van der Waals surface area contributed by atoms with Gasteiger partial charge in [0.05, 0.1) is 5.66 Å². The molecule has 0 spiro atoms. The average Bonchev–Trinajstić information content (AvgIpc) is 2.64. The highest BCUT2D eigenvalue weighted by Gasteiger charge is 2.40. The number of hydrogen-bond acceptors (Lipinski definition) is 2. The summed E-state index contributed by atoms with van der Waals surface area (Å²) in [5.41, 5.74) is 0.658. The summed E-state index contributed by atoms with van der Waals surface area (Å²) >= 11 is 0. The molecule has 0 saturated heterocycles. The maximum atomic E-state index is 13.3. The number of nitrogens with one attached hydrogen (secondary N) is 1. The third-order valence-electron chi connectivity index (χ3n) is 4.53. The Bertz CT molecular complexity index is 771. The Morgan fingerprint density at radius 3 is 2.17 bits per heavy atom. The van der Waals surface area contributed by atoms with E-state index >= 15 is 0 Å². The van der Waals surface area contributed by atoms with E-state index in [1.54, 1.807) is 12.1 Å². The zero-order valence-electron chi connectivity index (χ0n) is 13.6. The molecule has 0 aromatic heterocycles. The van der Waals surface area contributed by atoms with Gasteiger partial charge in [0.15, 0.2) is 0 Å². The lowest BCUT2D eigenvalue weighted by molar-refractivity contribution is 0.417. The van der Waals surface area contributed by atoms with Crippen LogP contribution in [0.3, 0.4) is 0 Å². The molecule has 3 rings (SSSR count). The zero-order valence-corrected chi connectivity index (χ0v) is 14.5. The van der Waals surface area contributed by atoms with E-state index < -0.39 is 13.0 Å². The van der Waals surface area contributed by atoms with Crippen LogP contribution in [0.5, 0.6) is 0 Å². The van der Waals surface area contributed by atoms with Crippen molar-refractivity contribution in [2.45, 2.75) is 11.7 Å². The van der Waals surface area contributed by atoms with Crippen molar-refractivity contribution in [1.82, 2.24) is 5.32 Å². The predicted molar refractivity (Wildman–Crippen MR) is 99.7 cm³/mol. The van der Waals surface area contributed by atoms with Gasteiger partial charge in [-0.1, -0.05) is 72.8 Å². The van der Waals surface area contributed by atoms with Gasteiger partial charge < -0.3 is 10.2 Å². The zero-order chi connectivity index (χ0) is 17.0. The minimum atomic E-state index is -3.54. The second-order valence-electron chi connectivity index (χ2n) is 5.97. The Balaban J connectivity index is 1.99. The molecular weight excluding hydrogens is 317 g/mol. The van der Waals surface area contributed by atoms with E-state index in [0.717, 1.165) is 5.56 Å². The van der Waals surface area contributed by atoms with Gasteiger partial charge in [-0.15, -0.1) is 0 Å². The summed E-state index contributed by atoms with van der Waals surface area (Å²) in [6, 6.07) is 19.0. The van der Waals surface area contributed by atoms with E-state index in [-0.39, 0.29) is 12.0 Å². The monoisotopic (exact) mass is 339 g/mol. The third-order valence-corrected chi connectivity index (χ3v) is 6.89. The molecule has 0 radical (unpaired) electrons. The molecule has 1 aliphatic carbocycles. The lowest BCUT2D eigenvalue weighted by Crippen LogP contribution is -2.34. The molecule has 4 heteroatoms. The van der Waals surface area contributed by atoms with Crippen molar-refractivity contribution < 1.29 is 9.46 Å². The summed E-state index contributed by atoms with van der Waals surface area (Å²) < 4.78 is 13.3. The van der Waals surface area contributed by atoms with Crippen molar-refractivity contribution in [2.24, 2.45) is 5.92 Å². The van der Waals surface area contributed by atoms with Crippen molar-refractivity contribution >= 4 is 12.7 Å². The summed E-state index contributed by atoms with van der Waals surface area (Å²) in [5, 5.41) is 3.83. The lowest BCUT2D eigenvalue weighted by atomic mass is 9.87. The van der Waals surface area contributed by atoms with E-state index in [1.165, 1.54) is 0 Å². The van der Waals surface area contributed by atoms with Gasteiger partial charge in [-0.25, -0.2) is 0 Å². The molecule has 0 fully saturated rings. The first kappa shape index (κ1) is 16.9. The van der Waals surface area contributed by atoms with Crippen LogP contribution in [-0.4, -0.2) is 17.6 Å². The molecule has 124 valence electrons. The van der Waals surface area contributed by atoms with Gasteiger partial charge in [-0.05, 0) is 24.7 Å². The molecule has 1 aliphatic rings. The smallest absolute Gasteiger partial charge is 0.236 e. The standard InChI is InChI=1S/C20H22NO2P/c1-21-20(16-10-4-2-5-11-16)18-14-8-9-15-19(18)24(22,23)17-12-6-3-7-13-17/h2-15,18-21H,1H3,(H,22,23)/t18-,19+,20+/m0/s1. The van der Waals surface area contributed by atoms with Crippen molar-refractivity contribution in [3.05, 3.63) is 90.5 Å². The minimum absolute atomic E-state index is 0.0263. The normalized spacial score (nSPS) is 23.6. The van der Waals surface area contributed by atoms with Crippen LogP contribution >= 0.6 is 7.37 Å². The topological polar surface area (TPSA) is 49.3 Å². The maximum absolute atomic E-state index is 13.3. The molecule has 3 nitrogen and oxygen atoms in total. The second-order valence-corrected chi connectivity index (χ2v) is 8.33. The number of hydrogen-bond donors (Lipinski definition) is 2. The first-order valence-corrected chi connectivity index (χ1v) is 9.83. The van der Waals surface area contributed by atoms with Gasteiger partial charge >= 0.3 is 0 Å². The molecule has 1 unspecified atom stereocenters. The molecule has 0 bridgehead atoms. The quantitative estimate of drug-likeness (QED) is 0.818. The molecule has 2 N–H and O–H groups in total. The Hall–Kier alpha value is -1.93. The van der Waals surface area contributed by atoms with Gasteiger partial charge in [0, 0.05) is 17.3 Å². The van der Waals surface area contributed by atoms with Crippen molar-refractivity contribution in [2.75, 3.05) is 7.05 Å². The summed E-state index contributed by atoms with van der Waals surface area (Å²) in [6.07, 6.45) is 7.72. The van der Waals surface area contributed by atoms with Gasteiger partial charge in [0.2, 0.25) is 7.37 Å². The van der Waals surface area contributed by atoms with Crippen LogP contribution in [-0.2, 0) is 4.57 Å². The highest BCUT2D eigenvalue weighted by Crippen LogP contribution is 2.52. The van der Waals surface area contributed by atoms with E-state index in [4.69, 9.17) is 0 Å². The molecule has 24 heavy (non-hydrogen) atoms. The van der Waals surface area contributed by atoms with Gasteiger partial charge in [-0.3, -0.25) is 4.57 Å². The van der Waals surface area contributed by atoms with Crippen molar-refractivity contribution in [1.29, 1.82) is 0 Å². The first-order valence-electron chi connectivity index (χ1n) is 8.10. The van der Waals surface area contributed by atoms with Crippen LogP contribution in [0.25, 0.3) is 0 Å². The Labute approximate surface area is 143 Å². The van der Waals surface area contributed by atoms with Gasteiger partial charge in [0.1, 0.15) is 0 Å². The number of rotatable bonds is 5. The fourth-order valence-corrected chi connectivity index (χ4v) is 5.34.